The molecule has 1 fully saturated rings. The van der Waals surface area contributed by atoms with E-state index in [0.29, 0.717) is 6.04 Å². The zero-order chi connectivity index (χ0) is 13.7. The normalized spacial score (nSPS) is 20.4. The van der Waals surface area contributed by atoms with Crippen LogP contribution < -0.4 is 5.32 Å². The number of thiophene rings is 1. The van der Waals surface area contributed by atoms with Gasteiger partial charge in [-0.1, -0.05) is 26.2 Å². The maximum Gasteiger partial charge on any atom is 0.0872 e. The van der Waals surface area contributed by atoms with Crippen LogP contribution in [0.2, 0.25) is 0 Å². The SMILES string of the molecule is CCCNC(c1csc(C)c1)C1(OC)CCCCC1. The van der Waals surface area contributed by atoms with Crippen LogP contribution in [-0.2, 0) is 4.74 Å². The number of ether oxygens (including phenoxy) is 1. The second-order valence-corrected chi connectivity index (χ2v) is 6.82. The predicted molar refractivity (Wildman–Crippen MR) is 82.9 cm³/mol. The van der Waals surface area contributed by atoms with E-state index in [-0.39, 0.29) is 5.60 Å². The van der Waals surface area contributed by atoms with Gasteiger partial charge in [-0.2, -0.15) is 0 Å². The third-order valence-corrected chi connectivity index (χ3v) is 5.19. The van der Waals surface area contributed by atoms with Crippen molar-refractivity contribution in [1.82, 2.24) is 5.32 Å². The summed E-state index contributed by atoms with van der Waals surface area (Å²) in [5, 5.41) is 6.05. The van der Waals surface area contributed by atoms with E-state index in [4.69, 9.17) is 4.74 Å². The number of methoxy groups -OCH3 is 1. The third kappa shape index (κ3) is 3.39. The smallest absolute Gasteiger partial charge is 0.0872 e. The maximum absolute atomic E-state index is 6.04. The van der Waals surface area contributed by atoms with E-state index in [1.54, 1.807) is 0 Å². The molecule has 1 saturated carbocycles. The summed E-state index contributed by atoms with van der Waals surface area (Å²) in [5.74, 6) is 0. The molecule has 0 aromatic carbocycles. The average molecular weight is 281 g/mol. The molecule has 1 heterocycles. The van der Waals surface area contributed by atoms with E-state index < -0.39 is 0 Å². The second kappa shape index (κ2) is 6.87. The van der Waals surface area contributed by atoms with Crippen LogP contribution in [0.3, 0.4) is 0 Å². The van der Waals surface area contributed by atoms with Gasteiger partial charge in [0, 0.05) is 12.0 Å². The minimum absolute atomic E-state index is 0.000926. The van der Waals surface area contributed by atoms with Gasteiger partial charge in [-0.25, -0.2) is 0 Å². The number of rotatable bonds is 6. The molecular weight excluding hydrogens is 254 g/mol. The number of hydrogen-bond donors (Lipinski definition) is 1. The summed E-state index contributed by atoms with van der Waals surface area (Å²) in [7, 11) is 1.89. The molecule has 0 spiro atoms. The van der Waals surface area contributed by atoms with Crippen molar-refractivity contribution in [3.8, 4) is 0 Å². The molecule has 2 rings (SSSR count). The van der Waals surface area contributed by atoms with Gasteiger partial charge in [0.1, 0.15) is 0 Å². The Hall–Kier alpha value is -0.380. The Morgan fingerprint density at radius 3 is 2.63 bits per heavy atom. The van der Waals surface area contributed by atoms with Crippen LogP contribution >= 0.6 is 11.3 Å². The van der Waals surface area contributed by atoms with Crippen molar-refractivity contribution >= 4 is 11.3 Å². The summed E-state index contributed by atoms with van der Waals surface area (Å²) in [5.41, 5.74) is 1.42. The van der Waals surface area contributed by atoms with Crippen molar-refractivity contribution in [2.24, 2.45) is 0 Å². The Morgan fingerprint density at radius 2 is 2.11 bits per heavy atom. The predicted octanol–water partition coefficient (Wildman–Crippen LogP) is 4.45. The number of nitrogens with one attached hydrogen (secondary N) is 1. The summed E-state index contributed by atoms with van der Waals surface area (Å²) in [6, 6.07) is 2.68. The third-order valence-electron chi connectivity index (χ3n) is 4.32. The van der Waals surface area contributed by atoms with Gasteiger partial charge in [0.05, 0.1) is 11.6 Å². The van der Waals surface area contributed by atoms with Crippen LogP contribution in [0.4, 0.5) is 0 Å². The molecule has 1 aromatic heterocycles. The minimum Gasteiger partial charge on any atom is -0.376 e. The van der Waals surface area contributed by atoms with Gasteiger partial charge in [0.25, 0.3) is 0 Å². The lowest BCUT2D eigenvalue weighted by atomic mass is 9.77. The molecule has 1 N–H and O–H groups in total. The topological polar surface area (TPSA) is 21.3 Å². The molecule has 1 unspecified atom stereocenters. The van der Waals surface area contributed by atoms with Crippen molar-refractivity contribution in [3.63, 3.8) is 0 Å². The highest BCUT2D eigenvalue weighted by atomic mass is 32.1. The second-order valence-electron chi connectivity index (χ2n) is 5.71. The first-order valence-electron chi connectivity index (χ1n) is 7.55. The largest absolute Gasteiger partial charge is 0.376 e. The minimum atomic E-state index is 0.000926. The first-order chi connectivity index (χ1) is 9.22. The average Bonchev–Trinajstić information content (AvgIpc) is 2.86. The van der Waals surface area contributed by atoms with Crippen LogP contribution in [0.1, 0.15) is 61.9 Å². The van der Waals surface area contributed by atoms with Crippen LogP contribution in [0.25, 0.3) is 0 Å². The molecule has 0 amide bonds. The monoisotopic (exact) mass is 281 g/mol. The van der Waals surface area contributed by atoms with E-state index in [9.17, 15) is 0 Å². The molecule has 0 bridgehead atoms. The lowest BCUT2D eigenvalue weighted by Gasteiger charge is -2.43. The highest BCUT2D eigenvalue weighted by molar-refractivity contribution is 7.10. The molecule has 3 heteroatoms. The molecule has 2 nitrogen and oxygen atoms in total. The van der Waals surface area contributed by atoms with Gasteiger partial charge in [0.15, 0.2) is 0 Å². The maximum atomic E-state index is 6.04. The standard InChI is InChI=1S/C16H27NOS/c1-4-10-17-15(14-11-13(2)19-12-14)16(18-3)8-6-5-7-9-16/h11-12,15,17H,4-10H2,1-3H3. The fourth-order valence-corrected chi connectivity index (χ4v) is 4.00. The summed E-state index contributed by atoms with van der Waals surface area (Å²) < 4.78 is 6.04. The number of hydrogen-bond acceptors (Lipinski definition) is 3. The van der Waals surface area contributed by atoms with Crippen molar-refractivity contribution in [3.05, 3.63) is 21.9 Å². The lowest BCUT2D eigenvalue weighted by Crippen LogP contribution is -2.47. The number of aryl methyl sites for hydroxylation is 1. The molecule has 19 heavy (non-hydrogen) atoms. The van der Waals surface area contributed by atoms with Gasteiger partial charge >= 0.3 is 0 Å². The van der Waals surface area contributed by atoms with Gasteiger partial charge in [-0.05, 0) is 49.7 Å². The zero-order valence-corrected chi connectivity index (χ0v) is 13.3. The van der Waals surface area contributed by atoms with Crippen molar-refractivity contribution in [2.75, 3.05) is 13.7 Å². The van der Waals surface area contributed by atoms with Crippen LogP contribution in [-0.4, -0.2) is 19.3 Å². The summed E-state index contributed by atoms with van der Waals surface area (Å²) in [4.78, 5) is 1.39. The fourth-order valence-electron chi connectivity index (χ4n) is 3.27. The summed E-state index contributed by atoms with van der Waals surface area (Å²) in [6.07, 6.45) is 7.47. The van der Waals surface area contributed by atoms with Crippen LogP contribution in [0.5, 0.6) is 0 Å². The zero-order valence-electron chi connectivity index (χ0n) is 12.5. The van der Waals surface area contributed by atoms with E-state index in [0.717, 1.165) is 6.54 Å². The highest BCUT2D eigenvalue weighted by Crippen LogP contribution is 2.42. The van der Waals surface area contributed by atoms with Crippen LogP contribution in [0.15, 0.2) is 11.4 Å². The quantitative estimate of drug-likeness (QED) is 0.832. The Bertz CT molecular complexity index is 382. The molecule has 0 radical (unpaired) electrons. The Labute approximate surface area is 121 Å². The first-order valence-corrected chi connectivity index (χ1v) is 8.43. The molecule has 1 aliphatic rings. The Morgan fingerprint density at radius 1 is 1.37 bits per heavy atom. The van der Waals surface area contributed by atoms with E-state index in [1.807, 2.05) is 18.4 Å². The van der Waals surface area contributed by atoms with E-state index in [2.05, 4.69) is 30.6 Å². The molecule has 0 aliphatic heterocycles. The van der Waals surface area contributed by atoms with E-state index in [1.165, 1.54) is 49.0 Å². The van der Waals surface area contributed by atoms with Gasteiger partial charge in [0.2, 0.25) is 0 Å². The Kier molecular flexibility index (Phi) is 5.43. The van der Waals surface area contributed by atoms with Gasteiger partial charge in [-0.15, -0.1) is 11.3 Å². The molecule has 1 atom stereocenters. The molecule has 0 saturated heterocycles. The van der Waals surface area contributed by atoms with Crippen LogP contribution in [0, 0.1) is 6.92 Å². The Balaban J connectivity index is 2.24. The molecule has 108 valence electrons. The van der Waals surface area contributed by atoms with Crippen molar-refractivity contribution < 1.29 is 4.74 Å². The van der Waals surface area contributed by atoms with Gasteiger partial charge in [-0.3, -0.25) is 0 Å². The molecule has 1 aromatic rings. The lowest BCUT2D eigenvalue weighted by molar-refractivity contribution is -0.0686. The van der Waals surface area contributed by atoms with Gasteiger partial charge < -0.3 is 10.1 Å². The van der Waals surface area contributed by atoms with E-state index >= 15 is 0 Å². The summed E-state index contributed by atoms with van der Waals surface area (Å²) in [6.45, 7) is 5.47. The van der Waals surface area contributed by atoms with Crippen molar-refractivity contribution in [2.45, 2.75) is 64.0 Å². The van der Waals surface area contributed by atoms with Crippen molar-refractivity contribution in [1.29, 1.82) is 0 Å². The summed E-state index contributed by atoms with van der Waals surface area (Å²) >= 11 is 1.84. The highest BCUT2D eigenvalue weighted by Gasteiger charge is 2.40. The molecule has 1 aliphatic carbocycles. The first kappa shape index (κ1) is 15.0. The fraction of sp³-hybridized carbons (Fsp3) is 0.750. The molecular formula is C16H27NOS.